The van der Waals surface area contributed by atoms with Gasteiger partial charge in [-0.05, 0) is 34.7 Å². The first-order valence-corrected chi connectivity index (χ1v) is 10.3. The molecule has 0 aliphatic carbocycles. The fourth-order valence-corrected chi connectivity index (χ4v) is 4.77. The average molecular weight is 510 g/mol. The minimum absolute atomic E-state index is 0.168. The van der Waals surface area contributed by atoms with Crippen LogP contribution in [0.1, 0.15) is 11.4 Å². The van der Waals surface area contributed by atoms with Gasteiger partial charge in [0, 0.05) is 20.4 Å². The normalized spacial score (nSPS) is 12.4. The van der Waals surface area contributed by atoms with Crippen LogP contribution < -0.4 is 0 Å². The number of hydrogen-bond acceptors (Lipinski definition) is 5. The highest BCUT2D eigenvalue weighted by molar-refractivity contribution is 14.1. The molecular formula is C11H4Cl2F2IN3O2S2. The highest BCUT2D eigenvalue weighted by Gasteiger charge is 2.21. The van der Waals surface area contributed by atoms with Gasteiger partial charge in [0.1, 0.15) is 4.90 Å². The summed E-state index contributed by atoms with van der Waals surface area (Å²) in [5, 5.41) is 7.13. The molecule has 0 amide bonds. The predicted molar refractivity (Wildman–Crippen MR) is 92.0 cm³/mol. The first kappa shape index (κ1) is 17.3. The standard InChI is InChI=1S/C11H4Cl2F2IN3O2S2/c12-5-1-4(23(13,20)21)3-19-7(2-6(16)8(5)19)10-17-18-11(22-10)9(14)15/h1-3,9H. The minimum Gasteiger partial charge on any atom is -0.310 e. The van der Waals surface area contributed by atoms with E-state index in [-0.39, 0.29) is 14.9 Å². The van der Waals surface area contributed by atoms with E-state index in [1.54, 1.807) is 6.07 Å². The van der Waals surface area contributed by atoms with Gasteiger partial charge in [-0.3, -0.25) is 0 Å². The van der Waals surface area contributed by atoms with Crippen molar-refractivity contribution in [3.8, 4) is 10.7 Å². The fraction of sp³-hybridized carbons (Fsp3) is 0.0909. The Morgan fingerprint density at radius 2 is 2.00 bits per heavy atom. The van der Waals surface area contributed by atoms with Crippen molar-refractivity contribution in [1.29, 1.82) is 0 Å². The maximum Gasteiger partial charge on any atom is 0.291 e. The number of aromatic nitrogens is 3. The van der Waals surface area contributed by atoms with Gasteiger partial charge < -0.3 is 4.40 Å². The number of alkyl halides is 2. The fourth-order valence-electron chi connectivity index (χ4n) is 1.94. The molecule has 0 atom stereocenters. The molecule has 0 aromatic carbocycles. The van der Waals surface area contributed by atoms with E-state index in [9.17, 15) is 17.2 Å². The van der Waals surface area contributed by atoms with Crippen molar-refractivity contribution in [3.63, 3.8) is 0 Å². The Balaban J connectivity index is 2.30. The maximum absolute atomic E-state index is 12.7. The zero-order valence-electron chi connectivity index (χ0n) is 10.7. The summed E-state index contributed by atoms with van der Waals surface area (Å²) < 4.78 is 50.6. The van der Waals surface area contributed by atoms with Gasteiger partial charge in [0.15, 0.2) is 10.0 Å². The number of nitrogens with zero attached hydrogens (tertiary/aromatic N) is 3. The Morgan fingerprint density at radius 3 is 2.57 bits per heavy atom. The Morgan fingerprint density at radius 1 is 1.30 bits per heavy atom. The van der Waals surface area contributed by atoms with Crippen LogP contribution in [0.4, 0.5) is 8.78 Å². The second-order valence-electron chi connectivity index (χ2n) is 4.30. The third-order valence-corrected chi connectivity index (χ3v) is 6.25. The van der Waals surface area contributed by atoms with Gasteiger partial charge in [-0.2, -0.15) is 0 Å². The number of pyridine rings is 1. The highest BCUT2D eigenvalue weighted by Crippen LogP contribution is 2.36. The lowest BCUT2D eigenvalue weighted by Crippen LogP contribution is -1.96. The van der Waals surface area contributed by atoms with Crippen molar-refractivity contribution in [2.75, 3.05) is 0 Å². The van der Waals surface area contributed by atoms with Crippen LogP contribution in [0.15, 0.2) is 23.2 Å². The summed E-state index contributed by atoms with van der Waals surface area (Å²) >= 11 is 8.85. The number of rotatable bonds is 3. The van der Waals surface area contributed by atoms with E-state index >= 15 is 0 Å². The number of fused-ring (bicyclic) bond motifs is 1. The monoisotopic (exact) mass is 509 g/mol. The topological polar surface area (TPSA) is 64.3 Å². The van der Waals surface area contributed by atoms with Crippen molar-refractivity contribution < 1.29 is 17.2 Å². The van der Waals surface area contributed by atoms with Crippen molar-refractivity contribution in [3.05, 3.63) is 31.9 Å². The Bertz CT molecular complexity index is 1020. The average Bonchev–Trinajstić information content (AvgIpc) is 3.02. The molecule has 0 saturated carbocycles. The maximum atomic E-state index is 12.7. The van der Waals surface area contributed by atoms with Gasteiger partial charge >= 0.3 is 0 Å². The molecule has 12 heteroatoms. The molecule has 0 bridgehead atoms. The third-order valence-electron chi connectivity index (χ3n) is 2.87. The lowest BCUT2D eigenvalue weighted by molar-refractivity contribution is 0.150. The quantitative estimate of drug-likeness (QED) is 0.383. The molecule has 0 saturated heterocycles. The molecule has 0 radical (unpaired) electrons. The van der Waals surface area contributed by atoms with Crippen LogP contribution >= 0.6 is 56.2 Å². The predicted octanol–water partition coefficient (Wildman–Crippen LogP) is 4.58. The summed E-state index contributed by atoms with van der Waals surface area (Å²) in [6, 6.07) is 2.89. The molecule has 3 aromatic heterocycles. The molecule has 3 aromatic rings. The molecule has 0 aliphatic heterocycles. The van der Waals surface area contributed by atoms with Gasteiger partial charge in [-0.15, -0.1) is 10.2 Å². The summed E-state index contributed by atoms with van der Waals surface area (Å²) in [7, 11) is 1.35. The first-order chi connectivity index (χ1) is 10.7. The van der Waals surface area contributed by atoms with Crippen molar-refractivity contribution in [1.82, 2.24) is 14.6 Å². The van der Waals surface area contributed by atoms with Gasteiger partial charge in [-0.25, -0.2) is 17.2 Å². The lowest BCUT2D eigenvalue weighted by Gasteiger charge is -2.04. The molecule has 0 spiro atoms. The van der Waals surface area contributed by atoms with Gasteiger partial charge in [0.05, 0.1) is 16.2 Å². The zero-order chi connectivity index (χ0) is 16.9. The van der Waals surface area contributed by atoms with E-state index in [0.717, 1.165) is 11.3 Å². The van der Waals surface area contributed by atoms with E-state index in [1.165, 1.54) is 16.7 Å². The summed E-state index contributed by atoms with van der Waals surface area (Å²) in [6.45, 7) is 0. The van der Waals surface area contributed by atoms with Gasteiger partial charge in [0.25, 0.3) is 15.5 Å². The van der Waals surface area contributed by atoms with Crippen LogP contribution in [-0.2, 0) is 9.05 Å². The van der Waals surface area contributed by atoms with Crippen LogP contribution in [-0.4, -0.2) is 23.0 Å². The molecule has 23 heavy (non-hydrogen) atoms. The Kier molecular flexibility index (Phi) is 4.55. The first-order valence-electron chi connectivity index (χ1n) is 5.75. The number of hydrogen-bond donors (Lipinski definition) is 0. The molecule has 0 N–H and O–H groups in total. The summed E-state index contributed by atoms with van der Waals surface area (Å²) in [6.07, 6.45) is -1.46. The van der Waals surface area contributed by atoms with E-state index in [0.29, 0.717) is 14.8 Å². The van der Waals surface area contributed by atoms with E-state index in [4.69, 9.17) is 22.3 Å². The molecule has 5 nitrogen and oxygen atoms in total. The Labute approximate surface area is 155 Å². The van der Waals surface area contributed by atoms with E-state index in [2.05, 4.69) is 10.2 Å². The second kappa shape index (κ2) is 6.06. The smallest absolute Gasteiger partial charge is 0.291 e. The molecule has 3 rings (SSSR count). The summed E-state index contributed by atoms with van der Waals surface area (Å²) in [5.41, 5.74) is 0.929. The summed E-state index contributed by atoms with van der Waals surface area (Å²) in [4.78, 5) is -0.205. The van der Waals surface area contributed by atoms with Crippen molar-refractivity contribution in [2.24, 2.45) is 0 Å². The van der Waals surface area contributed by atoms with Crippen LogP contribution in [0.3, 0.4) is 0 Å². The zero-order valence-corrected chi connectivity index (χ0v) is 16.0. The molecule has 3 heterocycles. The number of halogens is 5. The largest absolute Gasteiger partial charge is 0.310 e. The second-order valence-corrected chi connectivity index (χ2v) is 9.45. The third kappa shape index (κ3) is 3.18. The highest BCUT2D eigenvalue weighted by atomic mass is 127. The molecule has 0 unspecified atom stereocenters. The van der Waals surface area contributed by atoms with Crippen LogP contribution in [0.2, 0.25) is 5.02 Å². The van der Waals surface area contributed by atoms with Gasteiger partial charge in [-0.1, -0.05) is 22.9 Å². The van der Waals surface area contributed by atoms with Crippen LogP contribution in [0, 0.1) is 3.57 Å². The van der Waals surface area contributed by atoms with Crippen molar-refractivity contribution in [2.45, 2.75) is 11.3 Å². The van der Waals surface area contributed by atoms with Crippen LogP contribution in [0.5, 0.6) is 0 Å². The summed E-state index contributed by atoms with van der Waals surface area (Å²) in [5.74, 6) is 0. The van der Waals surface area contributed by atoms with Gasteiger partial charge in [0.2, 0.25) is 0 Å². The van der Waals surface area contributed by atoms with Crippen molar-refractivity contribution >= 4 is 70.8 Å². The van der Waals surface area contributed by atoms with E-state index in [1.807, 2.05) is 22.6 Å². The molecular weight excluding hydrogens is 506 g/mol. The molecule has 122 valence electrons. The molecule has 0 aliphatic rings. The van der Waals surface area contributed by atoms with E-state index < -0.39 is 20.5 Å². The Hall–Kier alpha value is -0.560. The minimum atomic E-state index is -4.00. The SMILES string of the molecule is O=S(=O)(Cl)c1cc(Cl)c2c(I)cc(-c3nnc(C(F)F)s3)n2c1. The van der Waals surface area contributed by atoms with Crippen LogP contribution in [0.25, 0.3) is 16.2 Å². The lowest BCUT2D eigenvalue weighted by atomic mass is 10.4. The molecule has 0 fully saturated rings.